The lowest BCUT2D eigenvalue weighted by Gasteiger charge is -2.09. The molecule has 0 aliphatic heterocycles. The van der Waals surface area contributed by atoms with Crippen LogP contribution in [0.1, 0.15) is 27.0 Å². The van der Waals surface area contributed by atoms with Gasteiger partial charge in [0.15, 0.2) is 6.61 Å². The van der Waals surface area contributed by atoms with Crippen molar-refractivity contribution in [3.63, 3.8) is 0 Å². The number of nitrogens with one attached hydrogen (secondary N) is 1. The minimum Gasteiger partial charge on any atom is -0.452 e. The number of esters is 1. The highest BCUT2D eigenvalue weighted by Crippen LogP contribution is 2.21. The van der Waals surface area contributed by atoms with Gasteiger partial charge in [-0.3, -0.25) is 4.79 Å². The summed E-state index contributed by atoms with van der Waals surface area (Å²) in [6.07, 6.45) is 0. The van der Waals surface area contributed by atoms with Crippen molar-refractivity contribution in [1.82, 2.24) is 5.32 Å². The van der Waals surface area contributed by atoms with Gasteiger partial charge >= 0.3 is 5.97 Å². The van der Waals surface area contributed by atoms with E-state index in [-0.39, 0.29) is 23.1 Å². The first-order chi connectivity index (χ1) is 11.4. The summed E-state index contributed by atoms with van der Waals surface area (Å²) in [5.41, 5.74) is 3.51. The molecule has 0 bridgehead atoms. The van der Waals surface area contributed by atoms with E-state index in [0.29, 0.717) is 11.6 Å². The highest BCUT2D eigenvalue weighted by molar-refractivity contribution is 6.36. The molecule has 2 aromatic carbocycles. The number of carbonyl (C=O) groups is 2. The van der Waals surface area contributed by atoms with Crippen LogP contribution < -0.4 is 5.32 Å². The first kappa shape index (κ1) is 18.3. The fraction of sp³-hybridized carbons (Fsp3) is 0.222. The van der Waals surface area contributed by atoms with Gasteiger partial charge in [-0.25, -0.2) is 4.79 Å². The van der Waals surface area contributed by atoms with E-state index < -0.39 is 5.97 Å². The number of rotatable bonds is 5. The average molecular weight is 366 g/mol. The number of aryl methyl sites for hydroxylation is 2. The second kappa shape index (κ2) is 8.18. The van der Waals surface area contributed by atoms with Crippen LogP contribution in [0.15, 0.2) is 36.4 Å². The molecule has 0 radical (unpaired) electrons. The number of amides is 1. The monoisotopic (exact) mass is 365 g/mol. The Morgan fingerprint density at radius 1 is 1.04 bits per heavy atom. The third-order valence-electron chi connectivity index (χ3n) is 3.55. The maximum atomic E-state index is 11.9. The van der Waals surface area contributed by atoms with E-state index in [0.717, 1.165) is 11.1 Å². The lowest BCUT2D eigenvalue weighted by molar-refractivity contribution is -0.124. The molecule has 4 nitrogen and oxygen atoms in total. The van der Waals surface area contributed by atoms with Crippen LogP contribution in [0.5, 0.6) is 0 Å². The Bertz CT molecular complexity index is 775. The van der Waals surface area contributed by atoms with Gasteiger partial charge in [0, 0.05) is 11.6 Å². The van der Waals surface area contributed by atoms with Crippen LogP contribution in [0.25, 0.3) is 0 Å². The Morgan fingerprint density at radius 2 is 1.79 bits per heavy atom. The number of hydrogen-bond acceptors (Lipinski definition) is 3. The van der Waals surface area contributed by atoms with Gasteiger partial charge in [0.1, 0.15) is 0 Å². The Kier molecular flexibility index (Phi) is 6.23. The zero-order valence-corrected chi connectivity index (χ0v) is 14.9. The third-order valence-corrected chi connectivity index (χ3v) is 4.09. The molecular formula is C18H17Cl2NO3. The second-order valence-corrected chi connectivity index (χ2v) is 6.24. The summed E-state index contributed by atoms with van der Waals surface area (Å²) in [4.78, 5) is 23.7. The quantitative estimate of drug-likeness (QED) is 0.812. The lowest BCUT2D eigenvalue weighted by Crippen LogP contribution is -2.28. The average Bonchev–Trinajstić information content (AvgIpc) is 2.53. The second-order valence-electron chi connectivity index (χ2n) is 5.40. The molecule has 1 N–H and O–H groups in total. The standard InChI is InChI=1S/C18H17Cl2NO3/c1-11-3-4-13(7-12(11)2)9-21-17(22)10-24-18(23)15-6-5-14(19)8-16(15)20/h3-8H,9-10H2,1-2H3,(H,21,22). The predicted octanol–water partition coefficient (Wildman–Crippen LogP) is 4.08. The molecule has 1 amide bonds. The van der Waals surface area contributed by atoms with Crippen molar-refractivity contribution in [3.05, 3.63) is 68.7 Å². The van der Waals surface area contributed by atoms with Crippen LogP contribution in [-0.4, -0.2) is 18.5 Å². The van der Waals surface area contributed by atoms with Crippen molar-refractivity contribution >= 4 is 35.1 Å². The van der Waals surface area contributed by atoms with Gasteiger partial charge in [0.25, 0.3) is 5.91 Å². The third kappa shape index (κ3) is 4.98. The van der Waals surface area contributed by atoms with Gasteiger partial charge in [-0.05, 0) is 48.7 Å². The van der Waals surface area contributed by atoms with Crippen molar-refractivity contribution in [2.75, 3.05) is 6.61 Å². The highest BCUT2D eigenvalue weighted by Gasteiger charge is 2.14. The van der Waals surface area contributed by atoms with E-state index in [1.54, 1.807) is 0 Å². The van der Waals surface area contributed by atoms with Crippen LogP contribution in [0.2, 0.25) is 10.0 Å². The van der Waals surface area contributed by atoms with E-state index in [9.17, 15) is 9.59 Å². The van der Waals surface area contributed by atoms with Crippen LogP contribution in [0.4, 0.5) is 0 Å². The van der Waals surface area contributed by atoms with E-state index in [1.807, 2.05) is 32.0 Å². The molecule has 0 aliphatic rings. The molecule has 0 spiro atoms. The van der Waals surface area contributed by atoms with Gasteiger partial charge in [-0.1, -0.05) is 41.4 Å². The maximum absolute atomic E-state index is 11.9. The molecule has 0 fully saturated rings. The number of ether oxygens (including phenoxy) is 1. The summed E-state index contributed by atoms with van der Waals surface area (Å²) in [6, 6.07) is 10.4. The molecule has 6 heteroatoms. The molecule has 0 aliphatic carbocycles. The zero-order chi connectivity index (χ0) is 17.7. The normalized spacial score (nSPS) is 10.3. The SMILES string of the molecule is Cc1ccc(CNC(=O)COC(=O)c2ccc(Cl)cc2Cl)cc1C. The first-order valence-corrected chi connectivity index (χ1v) is 8.07. The highest BCUT2D eigenvalue weighted by atomic mass is 35.5. The predicted molar refractivity (Wildman–Crippen MR) is 94.5 cm³/mol. The van der Waals surface area contributed by atoms with E-state index >= 15 is 0 Å². The van der Waals surface area contributed by atoms with Gasteiger partial charge < -0.3 is 10.1 Å². The smallest absolute Gasteiger partial charge is 0.340 e. The Hall–Kier alpha value is -2.04. The maximum Gasteiger partial charge on any atom is 0.340 e. The number of hydrogen-bond donors (Lipinski definition) is 1. The van der Waals surface area contributed by atoms with E-state index in [4.69, 9.17) is 27.9 Å². The van der Waals surface area contributed by atoms with Gasteiger partial charge in [0.05, 0.1) is 10.6 Å². The summed E-state index contributed by atoms with van der Waals surface area (Å²) < 4.78 is 4.96. The summed E-state index contributed by atoms with van der Waals surface area (Å²) in [5.74, 6) is -1.05. The minimum absolute atomic E-state index is 0.169. The number of benzene rings is 2. The van der Waals surface area contributed by atoms with Crippen LogP contribution in [0, 0.1) is 13.8 Å². The molecule has 0 heterocycles. The molecule has 0 atom stereocenters. The minimum atomic E-state index is -0.669. The summed E-state index contributed by atoms with van der Waals surface area (Å²) in [5, 5.41) is 3.31. The van der Waals surface area contributed by atoms with Crippen LogP contribution in [-0.2, 0) is 16.1 Å². The summed E-state index contributed by atoms with van der Waals surface area (Å²) >= 11 is 11.7. The van der Waals surface area contributed by atoms with Crippen molar-refractivity contribution in [1.29, 1.82) is 0 Å². The Labute approximate surface area is 150 Å². The van der Waals surface area contributed by atoms with Gasteiger partial charge in [-0.2, -0.15) is 0 Å². The molecule has 126 valence electrons. The summed E-state index contributed by atoms with van der Waals surface area (Å²) in [7, 11) is 0. The first-order valence-electron chi connectivity index (χ1n) is 7.32. The Morgan fingerprint density at radius 3 is 2.46 bits per heavy atom. The van der Waals surface area contributed by atoms with Crippen molar-refractivity contribution in [2.45, 2.75) is 20.4 Å². The van der Waals surface area contributed by atoms with Crippen molar-refractivity contribution in [3.8, 4) is 0 Å². The Balaban J connectivity index is 1.84. The summed E-state index contributed by atoms with van der Waals surface area (Å²) in [6.45, 7) is 4.04. The van der Waals surface area contributed by atoms with E-state index in [1.165, 1.54) is 23.8 Å². The number of halogens is 2. The molecule has 0 saturated heterocycles. The van der Waals surface area contributed by atoms with E-state index in [2.05, 4.69) is 5.32 Å². The van der Waals surface area contributed by atoms with Crippen molar-refractivity contribution < 1.29 is 14.3 Å². The largest absolute Gasteiger partial charge is 0.452 e. The van der Waals surface area contributed by atoms with Crippen molar-refractivity contribution in [2.24, 2.45) is 0 Å². The molecule has 2 aromatic rings. The topological polar surface area (TPSA) is 55.4 Å². The molecule has 2 rings (SSSR count). The fourth-order valence-electron chi connectivity index (χ4n) is 2.03. The molecule has 0 saturated carbocycles. The van der Waals surface area contributed by atoms with Crippen LogP contribution >= 0.6 is 23.2 Å². The molecule has 0 unspecified atom stereocenters. The number of carbonyl (C=O) groups excluding carboxylic acids is 2. The zero-order valence-electron chi connectivity index (χ0n) is 13.4. The lowest BCUT2D eigenvalue weighted by atomic mass is 10.1. The van der Waals surface area contributed by atoms with Gasteiger partial charge in [-0.15, -0.1) is 0 Å². The molecule has 0 aromatic heterocycles. The molecular weight excluding hydrogens is 349 g/mol. The van der Waals surface area contributed by atoms with Gasteiger partial charge in [0.2, 0.25) is 0 Å². The molecule has 24 heavy (non-hydrogen) atoms. The van der Waals surface area contributed by atoms with Crippen LogP contribution in [0.3, 0.4) is 0 Å². The fourth-order valence-corrected chi connectivity index (χ4v) is 2.51.